The second kappa shape index (κ2) is 8.72. The Morgan fingerprint density at radius 3 is 2.45 bits per heavy atom. The zero-order valence-electron chi connectivity index (χ0n) is 12.2. The summed E-state index contributed by atoms with van der Waals surface area (Å²) in [5.74, 6) is -1.06. The quantitative estimate of drug-likeness (QED) is 0.646. The molecule has 0 radical (unpaired) electrons. The second-order valence-electron chi connectivity index (χ2n) is 5.11. The van der Waals surface area contributed by atoms with Crippen LogP contribution in [-0.4, -0.2) is 24.3 Å². The van der Waals surface area contributed by atoms with Crippen LogP contribution in [0.25, 0.3) is 0 Å². The number of hydrogen-bond acceptors (Lipinski definition) is 3. The molecule has 3 N–H and O–H groups in total. The van der Waals surface area contributed by atoms with E-state index in [4.69, 9.17) is 10.5 Å². The van der Waals surface area contributed by atoms with Gasteiger partial charge in [0, 0.05) is 6.61 Å². The van der Waals surface area contributed by atoms with Gasteiger partial charge in [-0.05, 0) is 12.0 Å². The fourth-order valence-corrected chi connectivity index (χ4v) is 2.04. The first-order valence-corrected chi connectivity index (χ1v) is 7.27. The van der Waals surface area contributed by atoms with Crippen molar-refractivity contribution in [2.24, 2.45) is 5.73 Å². The van der Waals surface area contributed by atoms with E-state index in [1.165, 1.54) is 19.3 Å². The van der Waals surface area contributed by atoms with Gasteiger partial charge < -0.3 is 15.6 Å². The molecule has 0 spiro atoms. The summed E-state index contributed by atoms with van der Waals surface area (Å²) < 4.78 is 5.49. The van der Waals surface area contributed by atoms with Gasteiger partial charge in [-0.15, -0.1) is 0 Å². The van der Waals surface area contributed by atoms with Crippen molar-refractivity contribution in [2.75, 3.05) is 13.2 Å². The zero-order valence-corrected chi connectivity index (χ0v) is 12.2. The topological polar surface area (TPSA) is 72.5 Å². The van der Waals surface area contributed by atoms with E-state index in [-0.39, 0.29) is 6.61 Å². The summed E-state index contributed by atoms with van der Waals surface area (Å²) in [6.45, 7) is 2.73. The summed E-state index contributed by atoms with van der Waals surface area (Å²) in [6.07, 6.45) is 5.71. The number of rotatable bonds is 10. The standard InChI is InChI=1S/C16H25NO3/c1-2-3-4-5-9-12-20-13-16(17,15(18)19)14-10-7-6-8-11-14/h6-8,10-11H,2-5,9,12-13,17H2,1H3,(H,18,19). The lowest BCUT2D eigenvalue weighted by molar-refractivity contribution is -0.146. The fraction of sp³-hybridized carbons (Fsp3) is 0.562. The Kier molecular flexibility index (Phi) is 7.26. The van der Waals surface area contributed by atoms with Crippen molar-refractivity contribution in [3.05, 3.63) is 35.9 Å². The number of benzene rings is 1. The summed E-state index contributed by atoms with van der Waals surface area (Å²) in [4.78, 5) is 11.4. The molecule has 0 heterocycles. The van der Waals surface area contributed by atoms with Crippen LogP contribution in [0.2, 0.25) is 0 Å². The average Bonchev–Trinajstić information content (AvgIpc) is 2.46. The second-order valence-corrected chi connectivity index (χ2v) is 5.11. The molecule has 0 aliphatic carbocycles. The van der Waals surface area contributed by atoms with Crippen LogP contribution in [0.3, 0.4) is 0 Å². The Morgan fingerprint density at radius 2 is 1.85 bits per heavy atom. The summed E-state index contributed by atoms with van der Waals surface area (Å²) in [5, 5.41) is 9.35. The van der Waals surface area contributed by atoms with Crippen molar-refractivity contribution in [1.29, 1.82) is 0 Å². The third-order valence-corrected chi connectivity index (χ3v) is 3.39. The Balaban J connectivity index is 2.43. The monoisotopic (exact) mass is 279 g/mol. The molecule has 0 bridgehead atoms. The van der Waals surface area contributed by atoms with E-state index in [0.29, 0.717) is 12.2 Å². The highest BCUT2D eigenvalue weighted by Crippen LogP contribution is 2.19. The predicted octanol–water partition coefficient (Wildman–Crippen LogP) is 2.91. The summed E-state index contributed by atoms with van der Waals surface area (Å²) >= 11 is 0. The van der Waals surface area contributed by atoms with Crippen LogP contribution in [0.4, 0.5) is 0 Å². The van der Waals surface area contributed by atoms with Crippen molar-refractivity contribution in [3.63, 3.8) is 0 Å². The van der Waals surface area contributed by atoms with Gasteiger partial charge in [0.05, 0.1) is 6.61 Å². The number of unbranched alkanes of at least 4 members (excludes halogenated alkanes) is 4. The molecule has 112 valence electrons. The summed E-state index contributed by atoms with van der Waals surface area (Å²) in [7, 11) is 0. The smallest absolute Gasteiger partial charge is 0.330 e. The van der Waals surface area contributed by atoms with E-state index in [1.807, 2.05) is 6.07 Å². The maximum atomic E-state index is 11.4. The van der Waals surface area contributed by atoms with Crippen molar-refractivity contribution in [1.82, 2.24) is 0 Å². The van der Waals surface area contributed by atoms with Crippen LogP contribution < -0.4 is 5.73 Å². The van der Waals surface area contributed by atoms with E-state index >= 15 is 0 Å². The molecular weight excluding hydrogens is 254 g/mol. The molecular formula is C16H25NO3. The van der Waals surface area contributed by atoms with E-state index in [9.17, 15) is 9.90 Å². The zero-order chi connectivity index (χ0) is 14.8. The number of carboxylic acids is 1. The Bertz CT molecular complexity index is 394. The normalized spacial score (nSPS) is 13.9. The minimum atomic E-state index is -1.47. The van der Waals surface area contributed by atoms with Crippen LogP contribution in [0.1, 0.15) is 44.6 Å². The van der Waals surface area contributed by atoms with Gasteiger partial charge in [0.15, 0.2) is 5.54 Å². The van der Waals surface area contributed by atoms with Crippen LogP contribution in [0.15, 0.2) is 30.3 Å². The number of carbonyl (C=O) groups is 1. The highest BCUT2D eigenvalue weighted by atomic mass is 16.5. The molecule has 0 aliphatic rings. The first-order valence-electron chi connectivity index (χ1n) is 7.27. The van der Waals surface area contributed by atoms with E-state index in [0.717, 1.165) is 12.8 Å². The van der Waals surface area contributed by atoms with Gasteiger partial charge in [-0.3, -0.25) is 0 Å². The summed E-state index contributed by atoms with van der Waals surface area (Å²) in [5.41, 5.74) is 5.10. The molecule has 1 aromatic rings. The predicted molar refractivity (Wildman–Crippen MR) is 79.5 cm³/mol. The molecule has 0 aliphatic heterocycles. The molecule has 0 saturated heterocycles. The molecule has 0 aromatic heterocycles. The largest absolute Gasteiger partial charge is 0.480 e. The Morgan fingerprint density at radius 1 is 1.20 bits per heavy atom. The number of ether oxygens (including phenoxy) is 1. The van der Waals surface area contributed by atoms with Crippen LogP contribution in [0, 0.1) is 0 Å². The maximum Gasteiger partial charge on any atom is 0.330 e. The van der Waals surface area contributed by atoms with E-state index in [2.05, 4.69) is 6.92 Å². The number of hydrogen-bond donors (Lipinski definition) is 2. The highest BCUT2D eigenvalue weighted by Gasteiger charge is 2.36. The number of nitrogens with two attached hydrogens (primary N) is 1. The highest BCUT2D eigenvalue weighted by molar-refractivity contribution is 5.80. The van der Waals surface area contributed by atoms with Crippen LogP contribution >= 0.6 is 0 Å². The lowest BCUT2D eigenvalue weighted by atomic mass is 9.92. The van der Waals surface area contributed by atoms with Gasteiger partial charge in [0.2, 0.25) is 0 Å². The number of carboxylic acid groups (broad SMARTS) is 1. The maximum absolute atomic E-state index is 11.4. The van der Waals surface area contributed by atoms with Crippen molar-refractivity contribution in [3.8, 4) is 0 Å². The Labute approximate surface area is 120 Å². The van der Waals surface area contributed by atoms with Crippen molar-refractivity contribution >= 4 is 5.97 Å². The van der Waals surface area contributed by atoms with Gasteiger partial charge in [-0.25, -0.2) is 4.79 Å². The lowest BCUT2D eigenvalue weighted by Gasteiger charge is -2.25. The molecule has 20 heavy (non-hydrogen) atoms. The van der Waals surface area contributed by atoms with Crippen LogP contribution in [-0.2, 0) is 15.1 Å². The third kappa shape index (κ3) is 4.94. The average molecular weight is 279 g/mol. The molecule has 1 aromatic carbocycles. The fourth-order valence-electron chi connectivity index (χ4n) is 2.04. The van der Waals surface area contributed by atoms with Crippen LogP contribution in [0.5, 0.6) is 0 Å². The van der Waals surface area contributed by atoms with Gasteiger partial charge in [0.1, 0.15) is 0 Å². The molecule has 1 rings (SSSR count). The van der Waals surface area contributed by atoms with Crippen molar-refractivity contribution in [2.45, 2.75) is 44.6 Å². The molecule has 4 heteroatoms. The SMILES string of the molecule is CCCCCCCOCC(N)(C(=O)O)c1ccccc1. The van der Waals surface area contributed by atoms with Gasteiger partial charge in [-0.2, -0.15) is 0 Å². The first kappa shape index (κ1) is 16.7. The minimum Gasteiger partial charge on any atom is -0.480 e. The molecule has 0 fully saturated rings. The molecule has 4 nitrogen and oxygen atoms in total. The number of aliphatic carboxylic acids is 1. The summed E-state index contributed by atoms with van der Waals surface area (Å²) in [6, 6.07) is 8.84. The lowest BCUT2D eigenvalue weighted by Crippen LogP contribution is -2.49. The molecule has 0 amide bonds. The Hall–Kier alpha value is -1.39. The molecule has 0 saturated carbocycles. The minimum absolute atomic E-state index is 0.000123. The van der Waals surface area contributed by atoms with E-state index < -0.39 is 11.5 Å². The third-order valence-electron chi connectivity index (χ3n) is 3.39. The molecule has 1 atom stereocenters. The van der Waals surface area contributed by atoms with Gasteiger partial charge in [0.25, 0.3) is 0 Å². The van der Waals surface area contributed by atoms with Crippen molar-refractivity contribution < 1.29 is 14.6 Å². The van der Waals surface area contributed by atoms with Gasteiger partial charge >= 0.3 is 5.97 Å². The molecule has 1 unspecified atom stereocenters. The first-order chi connectivity index (χ1) is 9.61. The van der Waals surface area contributed by atoms with E-state index in [1.54, 1.807) is 24.3 Å². The van der Waals surface area contributed by atoms with Gasteiger partial charge in [-0.1, -0.05) is 62.9 Å².